The van der Waals surface area contributed by atoms with Crippen LogP contribution in [0.4, 0.5) is 0 Å². The lowest BCUT2D eigenvalue weighted by atomic mass is 10.1. The average Bonchev–Trinajstić information content (AvgIpc) is 2.29. The summed E-state index contributed by atoms with van der Waals surface area (Å²) in [6.07, 6.45) is 0. The highest BCUT2D eigenvalue weighted by molar-refractivity contribution is 6.88. The van der Waals surface area contributed by atoms with E-state index in [0.717, 1.165) is 6.54 Å². The van der Waals surface area contributed by atoms with Gasteiger partial charge in [0.2, 0.25) is 0 Å². The predicted molar refractivity (Wildman–Crippen MR) is 82.0 cm³/mol. The topological polar surface area (TPSA) is 32.3 Å². The molecule has 1 atom stereocenters. The van der Waals surface area contributed by atoms with E-state index in [2.05, 4.69) is 63.1 Å². The molecule has 0 aliphatic rings. The molecule has 18 heavy (non-hydrogen) atoms. The first-order valence-corrected chi connectivity index (χ1v) is 10.3. The smallest absolute Gasteiger partial charge is 0.0775 e. The van der Waals surface area contributed by atoms with Crippen LogP contribution in [-0.2, 0) is 6.54 Å². The van der Waals surface area contributed by atoms with E-state index in [1.165, 1.54) is 10.8 Å². The zero-order valence-electron chi connectivity index (χ0n) is 12.3. The molecule has 0 bridgehead atoms. The first-order chi connectivity index (χ1) is 8.34. The van der Waals surface area contributed by atoms with Crippen molar-refractivity contribution in [1.29, 1.82) is 0 Å². The molecule has 0 aromatic heterocycles. The molecule has 102 valence electrons. The Bertz CT molecular complexity index is 354. The third-order valence-corrected chi connectivity index (χ3v) is 5.46. The highest BCUT2D eigenvalue weighted by Gasteiger charge is 2.16. The predicted octanol–water partition coefficient (Wildman–Crippen LogP) is 2.34. The van der Waals surface area contributed by atoms with Gasteiger partial charge in [0.05, 0.1) is 14.7 Å². The molecule has 3 heteroatoms. The molecule has 0 radical (unpaired) electrons. The molecule has 0 saturated heterocycles. The minimum absolute atomic E-state index is 0.182. The van der Waals surface area contributed by atoms with Crippen molar-refractivity contribution in [1.82, 2.24) is 5.32 Å². The first-order valence-electron chi connectivity index (χ1n) is 6.78. The lowest BCUT2D eigenvalue weighted by Gasteiger charge is -2.21. The van der Waals surface area contributed by atoms with Crippen LogP contribution in [0.15, 0.2) is 24.3 Å². The fourth-order valence-corrected chi connectivity index (χ4v) is 3.05. The maximum Gasteiger partial charge on any atom is 0.0775 e. The minimum Gasteiger partial charge on any atom is -0.395 e. The Morgan fingerprint density at radius 3 is 2.06 bits per heavy atom. The number of aliphatic hydroxyl groups excluding tert-OH is 1. The summed E-state index contributed by atoms with van der Waals surface area (Å²) in [6.45, 7) is 12.4. The number of hydrogen-bond donors (Lipinski definition) is 2. The van der Waals surface area contributed by atoms with E-state index in [1.54, 1.807) is 0 Å². The molecule has 0 spiro atoms. The lowest BCUT2D eigenvalue weighted by molar-refractivity contribution is 0.210. The van der Waals surface area contributed by atoms with E-state index >= 15 is 0 Å². The first kappa shape index (κ1) is 15.4. The number of hydrogen-bond acceptors (Lipinski definition) is 2. The largest absolute Gasteiger partial charge is 0.395 e. The van der Waals surface area contributed by atoms with Gasteiger partial charge in [0, 0.05) is 12.6 Å². The zero-order valence-corrected chi connectivity index (χ0v) is 13.3. The third-order valence-electron chi connectivity index (χ3n) is 3.39. The number of nitrogens with one attached hydrogen (secondary N) is 1. The molecule has 0 heterocycles. The summed E-state index contributed by atoms with van der Waals surface area (Å²) >= 11 is 0. The van der Waals surface area contributed by atoms with Crippen LogP contribution in [0.2, 0.25) is 19.6 Å². The Hall–Kier alpha value is -0.643. The Balaban J connectivity index is 2.59. The maximum absolute atomic E-state index is 9.27. The van der Waals surface area contributed by atoms with Gasteiger partial charge >= 0.3 is 0 Å². The van der Waals surface area contributed by atoms with Crippen molar-refractivity contribution in [2.75, 3.05) is 6.61 Å². The standard InChI is InChI=1S/C15H27NOSi/c1-12(2)15(11-17)16-10-13-6-8-14(9-7-13)18(3,4)5/h6-9,12,15-17H,10-11H2,1-5H3. The Morgan fingerprint density at radius 1 is 1.11 bits per heavy atom. The number of rotatable bonds is 6. The summed E-state index contributed by atoms with van der Waals surface area (Å²) < 4.78 is 0. The van der Waals surface area contributed by atoms with Gasteiger partial charge in [-0.15, -0.1) is 0 Å². The monoisotopic (exact) mass is 265 g/mol. The zero-order chi connectivity index (χ0) is 13.8. The van der Waals surface area contributed by atoms with Crippen molar-refractivity contribution in [3.8, 4) is 0 Å². The molecule has 1 aromatic carbocycles. The van der Waals surface area contributed by atoms with E-state index in [0.29, 0.717) is 5.92 Å². The molecule has 0 saturated carbocycles. The summed E-state index contributed by atoms with van der Waals surface area (Å²) in [5.41, 5.74) is 1.29. The molecule has 1 unspecified atom stereocenters. The third kappa shape index (κ3) is 4.56. The molecule has 2 nitrogen and oxygen atoms in total. The van der Waals surface area contributed by atoms with Crippen LogP contribution < -0.4 is 10.5 Å². The highest BCUT2D eigenvalue weighted by atomic mass is 28.3. The fraction of sp³-hybridized carbons (Fsp3) is 0.600. The Kier molecular flexibility index (Phi) is 5.57. The second kappa shape index (κ2) is 6.50. The quantitative estimate of drug-likeness (QED) is 0.774. The minimum atomic E-state index is -1.19. The van der Waals surface area contributed by atoms with Gasteiger partial charge in [-0.05, 0) is 11.5 Å². The molecule has 0 aliphatic heterocycles. The number of benzene rings is 1. The van der Waals surface area contributed by atoms with Crippen LogP contribution >= 0.6 is 0 Å². The van der Waals surface area contributed by atoms with Crippen LogP contribution in [0.3, 0.4) is 0 Å². The van der Waals surface area contributed by atoms with E-state index < -0.39 is 8.07 Å². The molecular formula is C15H27NOSi. The summed E-state index contributed by atoms with van der Waals surface area (Å²) in [5.74, 6) is 0.455. The van der Waals surface area contributed by atoms with Crippen molar-refractivity contribution >= 4 is 13.3 Å². The summed E-state index contributed by atoms with van der Waals surface area (Å²) in [7, 11) is -1.19. The van der Waals surface area contributed by atoms with Crippen LogP contribution in [-0.4, -0.2) is 25.8 Å². The van der Waals surface area contributed by atoms with Gasteiger partial charge in [0.15, 0.2) is 0 Å². The summed E-state index contributed by atoms with van der Waals surface area (Å²) in [5, 5.41) is 14.2. The van der Waals surface area contributed by atoms with Gasteiger partial charge in [-0.3, -0.25) is 0 Å². The molecule has 0 amide bonds. The van der Waals surface area contributed by atoms with Crippen LogP contribution in [0.1, 0.15) is 19.4 Å². The van der Waals surface area contributed by atoms with E-state index in [1.807, 2.05) is 0 Å². The van der Waals surface area contributed by atoms with Gasteiger partial charge in [0.25, 0.3) is 0 Å². The molecule has 1 rings (SSSR count). The Morgan fingerprint density at radius 2 is 1.67 bits per heavy atom. The Labute approximate surface area is 112 Å². The van der Waals surface area contributed by atoms with Gasteiger partial charge in [-0.25, -0.2) is 0 Å². The van der Waals surface area contributed by atoms with E-state index in [-0.39, 0.29) is 12.6 Å². The van der Waals surface area contributed by atoms with Crippen molar-refractivity contribution in [3.05, 3.63) is 29.8 Å². The maximum atomic E-state index is 9.27. The second-order valence-corrected chi connectivity index (χ2v) is 11.4. The average molecular weight is 265 g/mol. The van der Waals surface area contributed by atoms with Gasteiger partial charge in [-0.2, -0.15) is 0 Å². The lowest BCUT2D eigenvalue weighted by Crippen LogP contribution is -2.38. The van der Waals surface area contributed by atoms with Crippen molar-refractivity contribution in [2.45, 2.75) is 46.1 Å². The normalized spacial score (nSPS) is 13.9. The molecule has 0 aliphatic carbocycles. The number of aliphatic hydroxyl groups is 1. The van der Waals surface area contributed by atoms with Gasteiger partial charge < -0.3 is 10.4 Å². The van der Waals surface area contributed by atoms with Gasteiger partial charge in [0.1, 0.15) is 0 Å². The SMILES string of the molecule is CC(C)C(CO)NCc1ccc([Si](C)(C)C)cc1. The summed E-state index contributed by atoms with van der Waals surface area (Å²) in [4.78, 5) is 0. The van der Waals surface area contributed by atoms with Crippen LogP contribution in [0, 0.1) is 5.92 Å². The molecule has 1 aromatic rings. The second-order valence-electron chi connectivity index (χ2n) is 6.36. The molecule has 2 N–H and O–H groups in total. The van der Waals surface area contributed by atoms with Gasteiger partial charge in [-0.1, -0.05) is 62.9 Å². The van der Waals surface area contributed by atoms with Crippen molar-refractivity contribution in [2.24, 2.45) is 5.92 Å². The fourth-order valence-electron chi connectivity index (χ4n) is 1.88. The van der Waals surface area contributed by atoms with E-state index in [9.17, 15) is 5.11 Å². The van der Waals surface area contributed by atoms with Crippen LogP contribution in [0.5, 0.6) is 0 Å². The summed E-state index contributed by atoms with van der Waals surface area (Å²) in [6, 6.07) is 9.10. The van der Waals surface area contributed by atoms with Crippen molar-refractivity contribution in [3.63, 3.8) is 0 Å². The van der Waals surface area contributed by atoms with Crippen LogP contribution in [0.25, 0.3) is 0 Å². The highest BCUT2D eigenvalue weighted by Crippen LogP contribution is 2.06. The van der Waals surface area contributed by atoms with Crippen molar-refractivity contribution < 1.29 is 5.11 Å². The molecule has 0 fully saturated rings. The molecular weight excluding hydrogens is 238 g/mol. The van der Waals surface area contributed by atoms with E-state index in [4.69, 9.17) is 0 Å².